The Morgan fingerprint density at radius 2 is 1.86 bits per heavy atom. The van der Waals surface area contributed by atoms with Gasteiger partial charge >= 0.3 is 0 Å². The molecule has 0 unspecified atom stereocenters. The Morgan fingerprint density at radius 1 is 1.19 bits per heavy atom. The number of nitrogens with zero attached hydrogens (tertiary/aromatic N) is 1. The highest BCUT2D eigenvalue weighted by molar-refractivity contribution is 5.54. The number of H-pyrrole nitrogens is 1. The fourth-order valence-corrected chi connectivity index (χ4v) is 1.91. The molecule has 0 spiro atoms. The van der Waals surface area contributed by atoms with Gasteiger partial charge in [0.05, 0.1) is 5.69 Å². The van der Waals surface area contributed by atoms with Gasteiger partial charge in [-0.3, -0.25) is 4.79 Å². The average Bonchev–Trinajstić information content (AvgIpc) is 2.36. The van der Waals surface area contributed by atoms with Crippen LogP contribution < -0.4 is 10.9 Å². The van der Waals surface area contributed by atoms with E-state index in [9.17, 15) is 13.6 Å². The van der Waals surface area contributed by atoms with Crippen LogP contribution >= 0.6 is 0 Å². The van der Waals surface area contributed by atoms with Gasteiger partial charge in [-0.05, 0) is 24.6 Å². The molecule has 4 nitrogen and oxygen atoms in total. The van der Waals surface area contributed by atoms with Crippen LogP contribution in [0.25, 0.3) is 11.4 Å². The summed E-state index contributed by atoms with van der Waals surface area (Å²) >= 11 is 0. The molecule has 0 saturated carbocycles. The molecule has 0 atom stereocenters. The fraction of sp³-hybridized carbons (Fsp3) is 0.333. The fourth-order valence-electron chi connectivity index (χ4n) is 1.91. The number of rotatable bonds is 5. The summed E-state index contributed by atoms with van der Waals surface area (Å²) in [5.41, 5.74) is 0.375. The zero-order valence-corrected chi connectivity index (χ0v) is 11.9. The minimum Gasteiger partial charge on any atom is -0.311 e. The van der Waals surface area contributed by atoms with Crippen molar-refractivity contribution in [1.29, 1.82) is 0 Å². The maximum atomic E-state index is 13.2. The van der Waals surface area contributed by atoms with E-state index in [4.69, 9.17) is 0 Å². The topological polar surface area (TPSA) is 57.8 Å². The molecular formula is C15H17F2N3O. The molecule has 21 heavy (non-hydrogen) atoms. The van der Waals surface area contributed by atoms with E-state index in [-0.39, 0.29) is 16.9 Å². The lowest BCUT2D eigenvalue weighted by molar-refractivity contribution is 0.547. The predicted octanol–water partition coefficient (Wildman–Crippen LogP) is 2.46. The third-order valence-electron chi connectivity index (χ3n) is 2.79. The summed E-state index contributed by atoms with van der Waals surface area (Å²) in [6, 6.07) is 4.40. The smallest absolute Gasteiger partial charge is 0.251 e. The van der Waals surface area contributed by atoms with Crippen LogP contribution in [-0.4, -0.2) is 16.5 Å². The molecule has 0 bridgehead atoms. The quantitative estimate of drug-likeness (QED) is 0.890. The van der Waals surface area contributed by atoms with Crippen molar-refractivity contribution in [2.75, 3.05) is 6.54 Å². The molecule has 2 N–H and O–H groups in total. The number of hydrogen-bond acceptors (Lipinski definition) is 3. The molecule has 0 radical (unpaired) electrons. The van der Waals surface area contributed by atoms with Crippen LogP contribution in [0.1, 0.15) is 19.5 Å². The normalized spacial score (nSPS) is 11.1. The van der Waals surface area contributed by atoms with Crippen LogP contribution in [0.4, 0.5) is 8.78 Å². The SMILES string of the molecule is CC(C)CNCc1cc(=O)[nH]c(-c2cc(F)cc(F)c2)n1. The Kier molecular flexibility index (Phi) is 4.80. The summed E-state index contributed by atoms with van der Waals surface area (Å²) in [5, 5.41) is 3.17. The Morgan fingerprint density at radius 3 is 2.48 bits per heavy atom. The van der Waals surface area contributed by atoms with Gasteiger partial charge in [0.2, 0.25) is 0 Å². The average molecular weight is 293 g/mol. The molecule has 0 amide bonds. The van der Waals surface area contributed by atoms with Gasteiger partial charge in [0.1, 0.15) is 17.5 Å². The van der Waals surface area contributed by atoms with Gasteiger partial charge in [-0.1, -0.05) is 13.8 Å². The number of aromatic nitrogens is 2. The van der Waals surface area contributed by atoms with E-state index in [1.165, 1.54) is 6.07 Å². The van der Waals surface area contributed by atoms with Crippen LogP contribution in [0.2, 0.25) is 0 Å². The van der Waals surface area contributed by atoms with Crippen molar-refractivity contribution in [1.82, 2.24) is 15.3 Å². The highest BCUT2D eigenvalue weighted by Crippen LogP contribution is 2.17. The maximum Gasteiger partial charge on any atom is 0.251 e. The Labute approximate surface area is 121 Å². The van der Waals surface area contributed by atoms with Gasteiger partial charge in [-0.15, -0.1) is 0 Å². The molecule has 6 heteroatoms. The van der Waals surface area contributed by atoms with Gasteiger partial charge in [0.25, 0.3) is 5.56 Å². The second-order valence-corrected chi connectivity index (χ2v) is 5.27. The minimum atomic E-state index is -0.712. The summed E-state index contributed by atoms with van der Waals surface area (Å²) < 4.78 is 26.5. The monoisotopic (exact) mass is 293 g/mol. The first kappa shape index (κ1) is 15.3. The third kappa shape index (κ3) is 4.46. The molecule has 0 aliphatic heterocycles. The highest BCUT2D eigenvalue weighted by Gasteiger charge is 2.07. The van der Waals surface area contributed by atoms with Crippen LogP contribution in [0.5, 0.6) is 0 Å². The molecule has 0 aliphatic carbocycles. The van der Waals surface area contributed by atoms with Crippen LogP contribution in [0, 0.1) is 17.6 Å². The summed E-state index contributed by atoms with van der Waals surface area (Å²) in [7, 11) is 0. The number of aromatic amines is 1. The zero-order chi connectivity index (χ0) is 15.4. The van der Waals surface area contributed by atoms with Crippen molar-refractivity contribution >= 4 is 0 Å². The van der Waals surface area contributed by atoms with E-state index in [1.54, 1.807) is 0 Å². The summed E-state index contributed by atoms with van der Waals surface area (Å²) in [4.78, 5) is 18.4. The standard InChI is InChI=1S/C15H17F2N3O/c1-9(2)7-18-8-13-6-14(21)20-15(19-13)10-3-11(16)5-12(17)4-10/h3-6,9,18H,7-8H2,1-2H3,(H,19,20,21). The van der Waals surface area contributed by atoms with Gasteiger partial charge in [0, 0.05) is 24.2 Å². The molecule has 2 rings (SSSR count). The Hall–Kier alpha value is -2.08. The van der Waals surface area contributed by atoms with E-state index in [1.807, 2.05) is 0 Å². The van der Waals surface area contributed by atoms with E-state index in [0.717, 1.165) is 24.7 Å². The van der Waals surface area contributed by atoms with E-state index >= 15 is 0 Å². The first-order chi connectivity index (χ1) is 9.94. The van der Waals surface area contributed by atoms with Gasteiger partial charge in [0.15, 0.2) is 0 Å². The second-order valence-electron chi connectivity index (χ2n) is 5.27. The molecule has 1 heterocycles. The molecule has 2 aromatic rings. The molecule has 112 valence electrons. The second kappa shape index (κ2) is 6.58. The highest BCUT2D eigenvalue weighted by atomic mass is 19.1. The van der Waals surface area contributed by atoms with Crippen molar-refractivity contribution in [2.24, 2.45) is 5.92 Å². The van der Waals surface area contributed by atoms with Crippen LogP contribution in [-0.2, 0) is 6.54 Å². The maximum absolute atomic E-state index is 13.2. The summed E-state index contributed by atoms with van der Waals surface area (Å²) in [6.07, 6.45) is 0. The number of nitrogens with one attached hydrogen (secondary N) is 2. The molecule has 0 fully saturated rings. The largest absolute Gasteiger partial charge is 0.311 e. The molecule has 0 saturated heterocycles. The van der Waals surface area contributed by atoms with Gasteiger partial charge in [-0.2, -0.15) is 0 Å². The lowest BCUT2D eigenvalue weighted by Crippen LogP contribution is -2.21. The molecular weight excluding hydrogens is 276 g/mol. The van der Waals surface area contributed by atoms with Crippen molar-refractivity contribution in [3.8, 4) is 11.4 Å². The number of halogens is 2. The van der Waals surface area contributed by atoms with Crippen molar-refractivity contribution in [3.05, 3.63) is 51.9 Å². The van der Waals surface area contributed by atoms with E-state index < -0.39 is 11.6 Å². The Bertz CT molecular complexity index is 663. The number of benzene rings is 1. The Balaban J connectivity index is 2.28. The van der Waals surface area contributed by atoms with Crippen molar-refractivity contribution in [2.45, 2.75) is 20.4 Å². The summed E-state index contributed by atoms with van der Waals surface area (Å²) in [5.74, 6) is -0.794. The van der Waals surface area contributed by atoms with Gasteiger partial charge in [-0.25, -0.2) is 13.8 Å². The van der Waals surface area contributed by atoms with Gasteiger partial charge < -0.3 is 10.3 Å². The first-order valence-corrected chi connectivity index (χ1v) is 6.71. The third-order valence-corrected chi connectivity index (χ3v) is 2.79. The molecule has 0 aliphatic rings. The summed E-state index contributed by atoms with van der Waals surface area (Å²) in [6.45, 7) is 5.35. The van der Waals surface area contributed by atoms with Crippen LogP contribution in [0.3, 0.4) is 0 Å². The zero-order valence-electron chi connectivity index (χ0n) is 11.9. The lowest BCUT2D eigenvalue weighted by atomic mass is 10.2. The van der Waals surface area contributed by atoms with Crippen molar-refractivity contribution < 1.29 is 8.78 Å². The molecule has 1 aromatic heterocycles. The number of hydrogen-bond donors (Lipinski definition) is 2. The first-order valence-electron chi connectivity index (χ1n) is 6.71. The van der Waals surface area contributed by atoms with E-state index in [0.29, 0.717) is 18.2 Å². The minimum absolute atomic E-state index is 0.155. The predicted molar refractivity (Wildman–Crippen MR) is 76.8 cm³/mol. The van der Waals surface area contributed by atoms with Crippen molar-refractivity contribution in [3.63, 3.8) is 0 Å². The van der Waals surface area contributed by atoms with E-state index in [2.05, 4.69) is 29.1 Å². The lowest BCUT2D eigenvalue weighted by Gasteiger charge is -2.08. The van der Waals surface area contributed by atoms with Crippen LogP contribution in [0.15, 0.2) is 29.1 Å². The molecule has 1 aromatic carbocycles.